The molecule has 0 saturated carbocycles. The lowest BCUT2D eigenvalue weighted by Crippen LogP contribution is -2.31. The summed E-state index contributed by atoms with van der Waals surface area (Å²) in [5, 5.41) is 0. The molecule has 0 bridgehead atoms. The first-order valence-corrected chi connectivity index (χ1v) is 8.91. The summed E-state index contributed by atoms with van der Waals surface area (Å²) in [6, 6.07) is 0. The molecule has 1 saturated heterocycles. The Kier molecular flexibility index (Phi) is 4.12. The zero-order valence-corrected chi connectivity index (χ0v) is 10.9. The molecule has 4 heteroatoms. The Hall–Kier alpha value is 0.0969. The van der Waals surface area contributed by atoms with Crippen LogP contribution in [0.5, 0.6) is 0 Å². The fraction of sp³-hybridized carbons (Fsp3) is 1.00. The Balaban J connectivity index is 2.11. The van der Waals surface area contributed by atoms with E-state index in [1.807, 2.05) is 13.8 Å². The van der Waals surface area contributed by atoms with E-state index in [0.29, 0.717) is 25.0 Å². The summed E-state index contributed by atoms with van der Waals surface area (Å²) in [6.07, 6.45) is 0.219. The molecule has 0 aliphatic carbocycles. The molecule has 0 aromatic heterocycles. The summed E-state index contributed by atoms with van der Waals surface area (Å²) < 4.78 is 16.4. The second-order valence-electron chi connectivity index (χ2n) is 4.82. The van der Waals surface area contributed by atoms with Crippen LogP contribution in [0.25, 0.3) is 0 Å². The fourth-order valence-electron chi connectivity index (χ4n) is 1.54. The summed E-state index contributed by atoms with van der Waals surface area (Å²) >= 11 is 0. The van der Waals surface area contributed by atoms with Crippen molar-refractivity contribution in [3.8, 4) is 0 Å². The summed E-state index contributed by atoms with van der Waals surface area (Å²) in [6.45, 7) is 12.2. The first-order chi connectivity index (χ1) is 6.45. The van der Waals surface area contributed by atoms with Crippen molar-refractivity contribution >= 4 is 8.07 Å². The van der Waals surface area contributed by atoms with E-state index in [-0.39, 0.29) is 6.29 Å². The fourth-order valence-corrected chi connectivity index (χ4v) is 3.34. The van der Waals surface area contributed by atoms with Crippen LogP contribution >= 0.6 is 0 Å². The number of ether oxygens (including phenoxy) is 3. The highest BCUT2D eigenvalue weighted by Gasteiger charge is 2.48. The van der Waals surface area contributed by atoms with Crippen molar-refractivity contribution in [3.05, 3.63) is 0 Å². The van der Waals surface area contributed by atoms with Gasteiger partial charge in [0, 0.05) is 6.61 Å². The third-order valence-corrected chi connectivity index (χ3v) is 4.55. The van der Waals surface area contributed by atoms with Crippen LogP contribution in [0.3, 0.4) is 0 Å². The second kappa shape index (κ2) is 4.75. The van der Waals surface area contributed by atoms with Crippen molar-refractivity contribution in [1.29, 1.82) is 0 Å². The molecule has 14 heavy (non-hydrogen) atoms. The highest BCUT2D eigenvalue weighted by atomic mass is 28.3. The van der Waals surface area contributed by atoms with Crippen molar-refractivity contribution in [2.24, 2.45) is 0 Å². The Morgan fingerprint density at radius 1 is 1.29 bits per heavy atom. The van der Waals surface area contributed by atoms with Gasteiger partial charge in [-0.05, 0) is 13.8 Å². The molecule has 1 rings (SSSR count). The molecule has 1 aliphatic heterocycles. The monoisotopic (exact) mass is 218 g/mol. The minimum atomic E-state index is -1.12. The largest absolute Gasteiger partial charge is 0.371 e. The second-order valence-corrected chi connectivity index (χ2v) is 10.1. The topological polar surface area (TPSA) is 31.0 Å². The maximum absolute atomic E-state index is 5.59. The molecule has 3 nitrogen and oxygen atoms in total. The molecule has 0 radical (unpaired) electrons. The van der Waals surface area contributed by atoms with E-state index in [2.05, 4.69) is 19.6 Å². The van der Waals surface area contributed by atoms with Gasteiger partial charge in [0.1, 0.15) is 6.10 Å². The van der Waals surface area contributed by atoms with Gasteiger partial charge in [0.05, 0.1) is 20.4 Å². The molecule has 0 N–H and O–H groups in total. The summed E-state index contributed by atoms with van der Waals surface area (Å²) in [4.78, 5) is 0. The van der Waals surface area contributed by atoms with Gasteiger partial charge < -0.3 is 14.2 Å². The van der Waals surface area contributed by atoms with E-state index < -0.39 is 8.07 Å². The smallest absolute Gasteiger partial charge is 0.154 e. The summed E-state index contributed by atoms with van der Waals surface area (Å²) in [5.74, 6) is 0. The van der Waals surface area contributed by atoms with Gasteiger partial charge in [-0.15, -0.1) is 0 Å². The quantitative estimate of drug-likeness (QED) is 0.388. The van der Waals surface area contributed by atoms with Crippen LogP contribution in [0.1, 0.15) is 13.8 Å². The third-order valence-electron chi connectivity index (χ3n) is 2.33. The number of hydrogen-bond acceptors (Lipinski definition) is 3. The predicted octanol–water partition coefficient (Wildman–Crippen LogP) is 2.03. The molecule has 0 spiro atoms. The molecule has 1 fully saturated rings. The Morgan fingerprint density at radius 2 is 1.93 bits per heavy atom. The molecule has 0 aromatic rings. The maximum atomic E-state index is 5.59. The minimum Gasteiger partial charge on any atom is -0.371 e. The zero-order valence-electron chi connectivity index (χ0n) is 9.87. The van der Waals surface area contributed by atoms with Gasteiger partial charge in [0.2, 0.25) is 0 Å². The number of epoxide rings is 1. The molecular formula is C10H22O3Si. The van der Waals surface area contributed by atoms with Gasteiger partial charge in [-0.25, -0.2) is 0 Å². The Labute approximate surface area is 87.7 Å². The summed E-state index contributed by atoms with van der Waals surface area (Å²) in [5.41, 5.74) is 0.483. The Bertz CT molecular complexity index is 179. The van der Waals surface area contributed by atoms with Gasteiger partial charge >= 0.3 is 0 Å². The van der Waals surface area contributed by atoms with Crippen LogP contribution in [0.15, 0.2) is 0 Å². The van der Waals surface area contributed by atoms with Crippen LogP contribution in [-0.2, 0) is 14.2 Å². The van der Waals surface area contributed by atoms with Gasteiger partial charge in [-0.1, -0.05) is 19.6 Å². The van der Waals surface area contributed by atoms with Gasteiger partial charge in [-0.3, -0.25) is 0 Å². The molecule has 0 amide bonds. The van der Waals surface area contributed by atoms with E-state index in [1.165, 1.54) is 0 Å². The normalized spacial score (nSPS) is 28.9. The van der Waals surface area contributed by atoms with Crippen LogP contribution in [0.4, 0.5) is 0 Å². The van der Waals surface area contributed by atoms with Crippen molar-refractivity contribution in [3.63, 3.8) is 0 Å². The molecule has 3 atom stereocenters. The van der Waals surface area contributed by atoms with Crippen LogP contribution in [-0.4, -0.2) is 39.4 Å². The van der Waals surface area contributed by atoms with E-state index in [4.69, 9.17) is 14.2 Å². The molecule has 0 aromatic carbocycles. The molecule has 1 unspecified atom stereocenters. The predicted molar refractivity (Wildman–Crippen MR) is 59.0 cm³/mol. The van der Waals surface area contributed by atoms with Gasteiger partial charge in [0.25, 0.3) is 0 Å². The first-order valence-electron chi connectivity index (χ1n) is 5.33. The molecule has 1 heterocycles. The van der Waals surface area contributed by atoms with Crippen molar-refractivity contribution in [1.82, 2.24) is 0 Å². The average Bonchev–Trinajstić information content (AvgIpc) is 2.79. The van der Waals surface area contributed by atoms with E-state index in [1.54, 1.807) is 0 Å². The van der Waals surface area contributed by atoms with Gasteiger partial charge in [-0.2, -0.15) is 0 Å². The van der Waals surface area contributed by atoms with E-state index >= 15 is 0 Å². The molecular weight excluding hydrogens is 196 g/mol. The lowest BCUT2D eigenvalue weighted by atomic mass is 10.5. The number of hydrogen-bond donors (Lipinski definition) is 0. The zero-order chi connectivity index (χ0) is 10.8. The van der Waals surface area contributed by atoms with E-state index in [9.17, 15) is 0 Å². The lowest BCUT2D eigenvalue weighted by Gasteiger charge is -2.13. The Morgan fingerprint density at radius 3 is 2.36 bits per heavy atom. The molecule has 1 aliphatic rings. The van der Waals surface area contributed by atoms with Crippen molar-refractivity contribution in [2.45, 2.75) is 51.6 Å². The standard InChI is InChI=1S/C10H22O3Si/c1-6-11-8(2)12-7-9-10(13-9)14(3,4)5/h8-10H,6-7H2,1-5H3/t8?,9-,10-/m0/s1. The lowest BCUT2D eigenvalue weighted by molar-refractivity contribution is -0.129. The van der Waals surface area contributed by atoms with Crippen LogP contribution in [0.2, 0.25) is 19.6 Å². The first kappa shape index (κ1) is 12.2. The van der Waals surface area contributed by atoms with Crippen molar-refractivity contribution < 1.29 is 14.2 Å². The number of rotatable bonds is 6. The van der Waals surface area contributed by atoms with Crippen LogP contribution < -0.4 is 0 Å². The SMILES string of the molecule is CCOC(C)OC[C@@H]1O[C@H]1[Si](C)(C)C. The van der Waals surface area contributed by atoms with Crippen molar-refractivity contribution in [2.75, 3.05) is 13.2 Å². The summed E-state index contributed by atoms with van der Waals surface area (Å²) in [7, 11) is -1.12. The van der Waals surface area contributed by atoms with Crippen LogP contribution in [0, 0.1) is 0 Å². The van der Waals surface area contributed by atoms with E-state index in [0.717, 1.165) is 0 Å². The van der Waals surface area contributed by atoms with Gasteiger partial charge in [0.15, 0.2) is 6.29 Å². The highest BCUT2D eigenvalue weighted by Crippen LogP contribution is 2.31. The maximum Gasteiger partial charge on any atom is 0.154 e. The third kappa shape index (κ3) is 3.69. The molecule has 84 valence electrons. The average molecular weight is 218 g/mol. The highest BCUT2D eigenvalue weighted by molar-refractivity contribution is 6.78. The minimum absolute atomic E-state index is 0.105.